The molecule has 0 aliphatic carbocycles. The molecule has 1 aromatic heterocycles. The monoisotopic (exact) mass is 247 g/mol. The molecule has 0 fully saturated rings. The van der Waals surface area contributed by atoms with Crippen LogP contribution < -0.4 is 4.74 Å². The molecule has 18 heavy (non-hydrogen) atoms. The lowest BCUT2D eigenvalue weighted by atomic mass is 10.0. The van der Waals surface area contributed by atoms with Crippen molar-refractivity contribution in [1.82, 2.24) is 5.16 Å². The third kappa shape index (κ3) is 2.07. The van der Waals surface area contributed by atoms with Gasteiger partial charge in [0.1, 0.15) is 5.75 Å². The van der Waals surface area contributed by atoms with E-state index in [1.54, 1.807) is 7.11 Å². The van der Waals surface area contributed by atoms with Gasteiger partial charge in [0.05, 0.1) is 7.11 Å². The van der Waals surface area contributed by atoms with E-state index in [1.807, 2.05) is 26.0 Å². The largest absolute Gasteiger partial charge is 0.496 e. The van der Waals surface area contributed by atoms with Crippen LogP contribution in [-0.2, 0) is 0 Å². The van der Waals surface area contributed by atoms with Crippen LogP contribution in [0.2, 0.25) is 0 Å². The van der Waals surface area contributed by atoms with E-state index in [4.69, 9.17) is 14.4 Å². The van der Waals surface area contributed by atoms with Crippen LogP contribution in [0.25, 0.3) is 11.3 Å². The first kappa shape index (κ1) is 12.2. The van der Waals surface area contributed by atoms with Gasteiger partial charge in [0.25, 0.3) is 0 Å². The Labute approximate surface area is 104 Å². The lowest BCUT2D eigenvalue weighted by Gasteiger charge is -2.09. The first-order chi connectivity index (χ1) is 8.52. The summed E-state index contributed by atoms with van der Waals surface area (Å²) < 4.78 is 10.3. The van der Waals surface area contributed by atoms with Gasteiger partial charge in [0.2, 0.25) is 0 Å². The average Bonchev–Trinajstić information content (AvgIpc) is 2.77. The first-order valence-electron chi connectivity index (χ1n) is 5.38. The highest BCUT2D eigenvalue weighted by molar-refractivity contribution is 5.86. The molecular formula is C13H13NO4. The first-order valence-corrected chi connectivity index (χ1v) is 5.38. The third-order valence-electron chi connectivity index (χ3n) is 2.68. The Morgan fingerprint density at radius 2 is 1.89 bits per heavy atom. The number of aromatic carboxylic acids is 1. The van der Waals surface area contributed by atoms with Crippen molar-refractivity contribution >= 4 is 5.97 Å². The van der Waals surface area contributed by atoms with Gasteiger partial charge in [-0.15, -0.1) is 0 Å². The highest BCUT2D eigenvalue weighted by atomic mass is 16.5. The highest BCUT2D eigenvalue weighted by Gasteiger charge is 2.14. The molecule has 0 unspecified atom stereocenters. The number of hydrogen-bond donors (Lipinski definition) is 1. The maximum absolute atomic E-state index is 10.7. The number of rotatable bonds is 3. The van der Waals surface area contributed by atoms with Gasteiger partial charge >= 0.3 is 5.97 Å². The van der Waals surface area contributed by atoms with Crippen molar-refractivity contribution in [2.75, 3.05) is 7.11 Å². The van der Waals surface area contributed by atoms with Crippen LogP contribution in [-0.4, -0.2) is 23.3 Å². The molecule has 1 N–H and O–H groups in total. The highest BCUT2D eigenvalue weighted by Crippen LogP contribution is 2.30. The fraction of sp³-hybridized carbons (Fsp3) is 0.231. The summed E-state index contributed by atoms with van der Waals surface area (Å²) in [6.45, 7) is 3.84. The van der Waals surface area contributed by atoms with Gasteiger partial charge in [0, 0.05) is 11.6 Å². The molecule has 0 amide bonds. The Bertz CT molecular complexity index is 578. The molecule has 0 saturated carbocycles. The second-order valence-corrected chi connectivity index (χ2v) is 4.02. The quantitative estimate of drug-likeness (QED) is 0.902. The van der Waals surface area contributed by atoms with Crippen molar-refractivity contribution in [2.24, 2.45) is 0 Å². The van der Waals surface area contributed by atoms with E-state index in [1.165, 1.54) is 6.07 Å². The second-order valence-electron chi connectivity index (χ2n) is 4.02. The lowest BCUT2D eigenvalue weighted by molar-refractivity contribution is 0.0686. The molecule has 0 atom stereocenters. The van der Waals surface area contributed by atoms with Crippen LogP contribution in [0, 0.1) is 13.8 Å². The predicted molar refractivity (Wildman–Crippen MR) is 64.9 cm³/mol. The molecule has 94 valence electrons. The Balaban J connectivity index is 2.47. The van der Waals surface area contributed by atoms with E-state index >= 15 is 0 Å². The number of methoxy groups -OCH3 is 1. The number of nitrogens with zero attached hydrogens (tertiary/aromatic N) is 1. The van der Waals surface area contributed by atoms with Gasteiger partial charge in [-0.3, -0.25) is 0 Å². The molecule has 1 heterocycles. The molecule has 5 heteroatoms. The Morgan fingerprint density at radius 1 is 1.28 bits per heavy atom. The van der Waals surface area contributed by atoms with E-state index in [0.29, 0.717) is 5.76 Å². The zero-order chi connectivity index (χ0) is 13.3. The molecule has 0 radical (unpaired) electrons. The molecule has 2 aromatic rings. The minimum absolute atomic E-state index is 0.101. The van der Waals surface area contributed by atoms with E-state index < -0.39 is 5.97 Å². The number of carboxylic acids is 1. The maximum Gasteiger partial charge on any atom is 0.358 e. The zero-order valence-corrected chi connectivity index (χ0v) is 10.4. The van der Waals surface area contributed by atoms with Crippen LogP contribution in [0.1, 0.15) is 21.6 Å². The van der Waals surface area contributed by atoms with Crippen molar-refractivity contribution in [3.05, 3.63) is 35.0 Å². The van der Waals surface area contributed by atoms with Crippen LogP contribution >= 0.6 is 0 Å². The summed E-state index contributed by atoms with van der Waals surface area (Å²) in [7, 11) is 1.62. The smallest absolute Gasteiger partial charge is 0.358 e. The summed E-state index contributed by atoms with van der Waals surface area (Å²) in [5.74, 6) is 0.143. The van der Waals surface area contributed by atoms with Crippen molar-refractivity contribution in [1.29, 1.82) is 0 Å². The molecule has 2 rings (SSSR count). The molecule has 0 saturated heterocycles. The summed E-state index contributed by atoms with van der Waals surface area (Å²) >= 11 is 0. The summed E-state index contributed by atoms with van der Waals surface area (Å²) in [5, 5.41) is 12.3. The Kier molecular flexibility index (Phi) is 3.06. The minimum Gasteiger partial charge on any atom is -0.496 e. The van der Waals surface area contributed by atoms with Crippen molar-refractivity contribution in [3.8, 4) is 17.1 Å². The summed E-state index contributed by atoms with van der Waals surface area (Å²) in [4.78, 5) is 10.7. The topological polar surface area (TPSA) is 72.6 Å². The molecule has 0 bridgehead atoms. The average molecular weight is 247 g/mol. The summed E-state index contributed by atoms with van der Waals surface area (Å²) in [6, 6.07) is 5.15. The third-order valence-corrected chi connectivity index (χ3v) is 2.68. The molecule has 0 aliphatic rings. The van der Waals surface area contributed by atoms with Gasteiger partial charge in [-0.2, -0.15) is 0 Å². The fourth-order valence-corrected chi connectivity index (χ4v) is 1.93. The molecule has 0 spiro atoms. The summed E-state index contributed by atoms with van der Waals surface area (Å²) in [6.07, 6.45) is 0. The van der Waals surface area contributed by atoms with Crippen molar-refractivity contribution in [3.63, 3.8) is 0 Å². The van der Waals surface area contributed by atoms with Crippen LogP contribution in [0.3, 0.4) is 0 Å². The Hall–Kier alpha value is -2.30. The van der Waals surface area contributed by atoms with E-state index in [-0.39, 0.29) is 5.69 Å². The molecule has 0 aliphatic heterocycles. The van der Waals surface area contributed by atoms with E-state index in [2.05, 4.69) is 5.16 Å². The van der Waals surface area contributed by atoms with Crippen molar-refractivity contribution in [2.45, 2.75) is 13.8 Å². The van der Waals surface area contributed by atoms with Crippen LogP contribution in [0.4, 0.5) is 0 Å². The minimum atomic E-state index is -1.10. The number of hydrogen-bond acceptors (Lipinski definition) is 4. The zero-order valence-electron chi connectivity index (χ0n) is 10.4. The summed E-state index contributed by atoms with van der Waals surface area (Å²) in [5.41, 5.74) is 2.60. The SMILES string of the molecule is COc1c(C)cc(-c2cc(C(=O)O)no2)cc1C. The van der Waals surface area contributed by atoms with Gasteiger partial charge in [-0.1, -0.05) is 5.16 Å². The van der Waals surface area contributed by atoms with Gasteiger partial charge in [0.15, 0.2) is 11.5 Å². The van der Waals surface area contributed by atoms with E-state index in [0.717, 1.165) is 22.4 Å². The van der Waals surface area contributed by atoms with Gasteiger partial charge in [-0.25, -0.2) is 4.79 Å². The fourth-order valence-electron chi connectivity index (χ4n) is 1.93. The molecule has 5 nitrogen and oxygen atoms in total. The van der Waals surface area contributed by atoms with Crippen LogP contribution in [0.5, 0.6) is 5.75 Å². The lowest BCUT2D eigenvalue weighted by Crippen LogP contribution is -1.94. The number of carboxylic acid groups (broad SMARTS) is 1. The Morgan fingerprint density at radius 3 is 2.33 bits per heavy atom. The normalized spacial score (nSPS) is 10.4. The van der Waals surface area contributed by atoms with Crippen LogP contribution in [0.15, 0.2) is 22.7 Å². The van der Waals surface area contributed by atoms with Gasteiger partial charge in [-0.05, 0) is 37.1 Å². The standard InChI is InChI=1S/C13H13NO4/c1-7-4-9(5-8(2)12(7)17-3)11-6-10(13(15)16)14-18-11/h4-6H,1-3H3,(H,15,16). The number of benzene rings is 1. The van der Waals surface area contributed by atoms with E-state index in [9.17, 15) is 4.79 Å². The molecule has 1 aromatic carbocycles. The molecular weight excluding hydrogens is 234 g/mol. The number of aryl methyl sites for hydroxylation is 2. The predicted octanol–water partition coefficient (Wildman–Crippen LogP) is 2.67. The maximum atomic E-state index is 10.7. The van der Waals surface area contributed by atoms with Crippen molar-refractivity contribution < 1.29 is 19.2 Å². The number of aromatic nitrogens is 1. The number of ether oxygens (including phenoxy) is 1. The number of carbonyl (C=O) groups is 1. The second kappa shape index (κ2) is 4.52. The van der Waals surface area contributed by atoms with Gasteiger partial charge < -0.3 is 14.4 Å².